The minimum absolute atomic E-state index is 0.0797. The number of amides is 1. The van der Waals surface area contributed by atoms with E-state index in [2.05, 4.69) is 0 Å². The van der Waals surface area contributed by atoms with Gasteiger partial charge in [-0.25, -0.2) is 9.18 Å². The number of hydrogen-bond acceptors (Lipinski definition) is 5. The number of ether oxygens (including phenoxy) is 2. The smallest absolute Gasteiger partial charge is 0.348 e. The van der Waals surface area contributed by atoms with Crippen LogP contribution in [0.2, 0.25) is 0 Å². The SMILES string of the molecule is COC(=O)C1CN(C(=O)CN(C)Cc2cccc(F)c2)c2ccccc2O1. The average Bonchev–Trinajstić information content (AvgIpc) is 2.66. The molecule has 7 heteroatoms. The van der Waals surface area contributed by atoms with Crippen LogP contribution in [0.1, 0.15) is 5.56 Å². The van der Waals surface area contributed by atoms with Crippen LogP contribution in [0, 0.1) is 5.82 Å². The Hall–Kier alpha value is -2.93. The van der Waals surface area contributed by atoms with Gasteiger partial charge in [0.2, 0.25) is 12.0 Å². The molecule has 0 fully saturated rings. The molecule has 2 aromatic carbocycles. The number of hydrogen-bond donors (Lipinski definition) is 0. The standard InChI is InChI=1S/C20H21FN2O4/c1-22(11-14-6-5-7-15(21)10-14)13-19(24)23-12-18(20(25)26-2)27-17-9-4-3-8-16(17)23/h3-10,18H,11-13H2,1-2H3. The van der Waals surface area contributed by atoms with Crippen molar-refractivity contribution in [2.45, 2.75) is 12.6 Å². The zero-order chi connectivity index (χ0) is 19.4. The molecule has 142 valence electrons. The van der Waals surface area contributed by atoms with E-state index in [1.165, 1.54) is 24.1 Å². The number of carbonyl (C=O) groups excluding carboxylic acids is 2. The van der Waals surface area contributed by atoms with Gasteiger partial charge in [-0.05, 0) is 36.9 Å². The number of nitrogens with zero attached hydrogens (tertiary/aromatic N) is 2. The molecular formula is C20H21FN2O4. The van der Waals surface area contributed by atoms with Crippen LogP contribution in [-0.4, -0.2) is 50.1 Å². The first-order valence-corrected chi connectivity index (χ1v) is 8.55. The number of methoxy groups -OCH3 is 1. The molecule has 0 spiro atoms. The van der Waals surface area contributed by atoms with Crippen molar-refractivity contribution in [3.63, 3.8) is 0 Å². The Morgan fingerprint density at radius 2 is 2.04 bits per heavy atom. The van der Waals surface area contributed by atoms with Crippen molar-refractivity contribution in [2.75, 3.05) is 32.1 Å². The van der Waals surface area contributed by atoms with Gasteiger partial charge in [0.15, 0.2) is 0 Å². The quantitative estimate of drug-likeness (QED) is 0.754. The fourth-order valence-electron chi connectivity index (χ4n) is 3.04. The van der Waals surface area contributed by atoms with E-state index in [1.807, 2.05) is 0 Å². The second-order valence-electron chi connectivity index (χ2n) is 6.40. The summed E-state index contributed by atoms with van der Waals surface area (Å²) in [4.78, 5) is 28.1. The molecule has 2 aromatic rings. The summed E-state index contributed by atoms with van der Waals surface area (Å²) in [6.07, 6.45) is -0.873. The summed E-state index contributed by atoms with van der Waals surface area (Å²) in [5.74, 6) is -0.565. The van der Waals surface area contributed by atoms with Gasteiger partial charge in [0.1, 0.15) is 11.6 Å². The van der Waals surface area contributed by atoms with Gasteiger partial charge in [0.25, 0.3) is 0 Å². The van der Waals surface area contributed by atoms with E-state index >= 15 is 0 Å². The summed E-state index contributed by atoms with van der Waals surface area (Å²) in [5.41, 5.74) is 1.39. The van der Waals surface area contributed by atoms with E-state index in [1.54, 1.807) is 48.3 Å². The Morgan fingerprint density at radius 3 is 2.78 bits per heavy atom. The van der Waals surface area contributed by atoms with Gasteiger partial charge in [0.05, 0.1) is 25.9 Å². The van der Waals surface area contributed by atoms with E-state index in [4.69, 9.17) is 9.47 Å². The van der Waals surface area contributed by atoms with Crippen LogP contribution in [-0.2, 0) is 20.9 Å². The molecule has 0 bridgehead atoms. The molecule has 0 N–H and O–H groups in total. The molecule has 6 nitrogen and oxygen atoms in total. The lowest BCUT2D eigenvalue weighted by molar-refractivity contribution is -0.148. The molecule has 1 aliphatic heterocycles. The molecule has 0 saturated carbocycles. The van der Waals surface area contributed by atoms with Crippen LogP contribution in [0.4, 0.5) is 10.1 Å². The van der Waals surface area contributed by atoms with Crippen LogP contribution in [0.25, 0.3) is 0 Å². The number of likely N-dealkylation sites (N-methyl/N-ethyl adjacent to an activating group) is 1. The number of fused-ring (bicyclic) bond motifs is 1. The Balaban J connectivity index is 1.73. The van der Waals surface area contributed by atoms with Crippen LogP contribution in [0.5, 0.6) is 5.75 Å². The first kappa shape index (κ1) is 18.8. The minimum atomic E-state index is -0.873. The first-order chi connectivity index (χ1) is 13.0. The number of halogens is 1. The number of para-hydroxylation sites is 2. The second kappa shape index (κ2) is 8.18. The first-order valence-electron chi connectivity index (χ1n) is 8.55. The molecule has 1 atom stereocenters. The molecule has 0 radical (unpaired) electrons. The normalized spacial score (nSPS) is 15.9. The maximum Gasteiger partial charge on any atom is 0.348 e. The fourth-order valence-corrected chi connectivity index (χ4v) is 3.04. The fraction of sp³-hybridized carbons (Fsp3) is 0.300. The Bertz CT molecular complexity index is 842. The van der Waals surface area contributed by atoms with Gasteiger partial charge in [-0.1, -0.05) is 24.3 Å². The number of anilines is 1. The van der Waals surface area contributed by atoms with Gasteiger partial charge >= 0.3 is 5.97 Å². The lowest BCUT2D eigenvalue weighted by Gasteiger charge is -2.34. The third-order valence-corrected chi connectivity index (χ3v) is 4.29. The summed E-state index contributed by atoms with van der Waals surface area (Å²) >= 11 is 0. The molecule has 1 aliphatic rings. The highest BCUT2D eigenvalue weighted by Crippen LogP contribution is 2.33. The van der Waals surface area contributed by atoms with Crippen molar-refractivity contribution in [2.24, 2.45) is 0 Å². The molecule has 27 heavy (non-hydrogen) atoms. The monoisotopic (exact) mass is 372 g/mol. The number of rotatable bonds is 5. The molecule has 1 amide bonds. The Morgan fingerprint density at radius 1 is 1.26 bits per heavy atom. The zero-order valence-corrected chi connectivity index (χ0v) is 15.2. The molecule has 1 heterocycles. The van der Waals surface area contributed by atoms with Crippen molar-refractivity contribution in [3.05, 3.63) is 59.9 Å². The molecule has 0 aromatic heterocycles. The predicted molar refractivity (Wildman–Crippen MR) is 98.0 cm³/mol. The Kier molecular flexibility index (Phi) is 5.71. The molecule has 0 aliphatic carbocycles. The highest BCUT2D eigenvalue weighted by molar-refractivity contribution is 5.98. The highest BCUT2D eigenvalue weighted by Gasteiger charge is 2.34. The van der Waals surface area contributed by atoms with E-state index in [9.17, 15) is 14.0 Å². The number of carbonyl (C=O) groups is 2. The minimum Gasteiger partial charge on any atom is -0.475 e. The summed E-state index contributed by atoms with van der Waals surface area (Å²) in [6.45, 7) is 0.616. The van der Waals surface area contributed by atoms with Gasteiger partial charge in [-0.15, -0.1) is 0 Å². The summed E-state index contributed by atoms with van der Waals surface area (Å²) in [5, 5.41) is 0. The van der Waals surface area contributed by atoms with E-state index < -0.39 is 12.1 Å². The maximum absolute atomic E-state index is 13.3. The van der Waals surface area contributed by atoms with Gasteiger partial charge in [-0.2, -0.15) is 0 Å². The van der Waals surface area contributed by atoms with Gasteiger partial charge in [-0.3, -0.25) is 9.69 Å². The highest BCUT2D eigenvalue weighted by atomic mass is 19.1. The molecule has 0 saturated heterocycles. The molecule has 1 unspecified atom stereocenters. The van der Waals surface area contributed by atoms with Gasteiger partial charge < -0.3 is 14.4 Å². The van der Waals surface area contributed by atoms with Crippen molar-refractivity contribution in [1.82, 2.24) is 4.90 Å². The number of esters is 1. The largest absolute Gasteiger partial charge is 0.475 e. The van der Waals surface area contributed by atoms with Gasteiger partial charge in [0, 0.05) is 6.54 Å². The molecular weight excluding hydrogens is 351 g/mol. The topological polar surface area (TPSA) is 59.1 Å². The lowest BCUT2D eigenvalue weighted by atomic mass is 10.1. The maximum atomic E-state index is 13.3. The van der Waals surface area contributed by atoms with Crippen molar-refractivity contribution >= 4 is 17.6 Å². The van der Waals surface area contributed by atoms with Crippen LogP contribution < -0.4 is 9.64 Å². The van der Waals surface area contributed by atoms with Crippen LogP contribution in [0.15, 0.2) is 48.5 Å². The predicted octanol–water partition coefficient (Wildman–Crippen LogP) is 2.22. The Labute approximate surface area is 157 Å². The van der Waals surface area contributed by atoms with Crippen LogP contribution in [0.3, 0.4) is 0 Å². The summed E-state index contributed by atoms with van der Waals surface area (Å²) in [6, 6.07) is 13.3. The zero-order valence-electron chi connectivity index (χ0n) is 15.2. The summed E-state index contributed by atoms with van der Waals surface area (Å²) < 4.78 is 23.7. The number of benzene rings is 2. The van der Waals surface area contributed by atoms with Crippen molar-refractivity contribution in [3.8, 4) is 5.75 Å². The van der Waals surface area contributed by atoms with Crippen molar-refractivity contribution < 1.29 is 23.5 Å². The molecule has 3 rings (SSSR count). The van der Waals surface area contributed by atoms with E-state index in [0.717, 1.165) is 5.56 Å². The average molecular weight is 372 g/mol. The van der Waals surface area contributed by atoms with Crippen molar-refractivity contribution in [1.29, 1.82) is 0 Å². The van der Waals surface area contributed by atoms with E-state index in [0.29, 0.717) is 18.0 Å². The summed E-state index contributed by atoms with van der Waals surface area (Å²) in [7, 11) is 3.07. The lowest BCUT2D eigenvalue weighted by Crippen LogP contribution is -2.49. The van der Waals surface area contributed by atoms with Crippen LogP contribution >= 0.6 is 0 Å². The second-order valence-corrected chi connectivity index (χ2v) is 6.40. The van der Waals surface area contributed by atoms with E-state index in [-0.39, 0.29) is 24.8 Å². The third-order valence-electron chi connectivity index (χ3n) is 4.29. The third kappa shape index (κ3) is 4.43.